The van der Waals surface area contributed by atoms with Crippen LogP contribution in [0.4, 0.5) is 5.69 Å². The Labute approximate surface area is 145 Å². The van der Waals surface area contributed by atoms with Gasteiger partial charge in [0.2, 0.25) is 0 Å². The van der Waals surface area contributed by atoms with E-state index in [9.17, 15) is 5.11 Å². The topological polar surface area (TPSA) is 32.3 Å². The molecule has 2 aromatic rings. The van der Waals surface area contributed by atoms with E-state index in [1.807, 2.05) is 6.07 Å². The van der Waals surface area contributed by atoms with Gasteiger partial charge in [0.25, 0.3) is 0 Å². The Bertz CT molecular complexity index is 815. The van der Waals surface area contributed by atoms with Gasteiger partial charge in [-0.2, -0.15) is 0 Å². The van der Waals surface area contributed by atoms with Crippen molar-refractivity contribution in [2.45, 2.75) is 25.3 Å². The lowest BCUT2D eigenvalue weighted by molar-refractivity contribution is 0.402. The van der Waals surface area contributed by atoms with E-state index in [0.717, 1.165) is 17.7 Å². The van der Waals surface area contributed by atoms with E-state index < -0.39 is 0 Å². The minimum Gasteiger partial charge on any atom is -0.506 e. The number of phenolic OH excluding ortho intramolecular Hbond substituents is 1. The molecule has 0 bridgehead atoms. The number of halogens is 2. The van der Waals surface area contributed by atoms with Crippen LogP contribution in [0.3, 0.4) is 0 Å². The summed E-state index contributed by atoms with van der Waals surface area (Å²) in [7, 11) is 0. The second-order valence-corrected chi connectivity index (χ2v) is 7.24. The zero-order chi connectivity index (χ0) is 16.1. The molecule has 0 saturated carbocycles. The number of benzene rings is 2. The molecule has 1 aliphatic carbocycles. The van der Waals surface area contributed by atoms with Crippen LogP contribution >= 0.6 is 23.2 Å². The number of aromatic hydroxyl groups is 1. The Kier molecular flexibility index (Phi) is 3.55. The maximum Gasteiger partial charge on any atom is 0.139 e. The molecule has 118 valence electrons. The first-order valence-electron chi connectivity index (χ1n) is 7.76. The van der Waals surface area contributed by atoms with Gasteiger partial charge in [0.1, 0.15) is 5.75 Å². The predicted octanol–water partition coefficient (Wildman–Crippen LogP) is 5.83. The van der Waals surface area contributed by atoms with Crippen LogP contribution < -0.4 is 5.32 Å². The molecular formula is C19H17Cl2NO. The number of aryl methyl sites for hydroxylation is 1. The molecule has 0 saturated heterocycles. The SMILES string of the molecule is Cc1ccc2c(c1)C1C=CCC1C(c1cc(Cl)cc(Cl)c1O)N2. The van der Waals surface area contributed by atoms with E-state index in [0.29, 0.717) is 21.9 Å². The fourth-order valence-corrected chi connectivity index (χ4v) is 4.35. The zero-order valence-electron chi connectivity index (χ0n) is 12.7. The minimum absolute atomic E-state index is 0.0126. The van der Waals surface area contributed by atoms with Gasteiger partial charge >= 0.3 is 0 Å². The molecule has 0 radical (unpaired) electrons. The number of hydrogen-bond acceptors (Lipinski definition) is 2. The lowest BCUT2D eigenvalue weighted by atomic mass is 9.76. The van der Waals surface area contributed by atoms with Gasteiger partial charge in [0, 0.05) is 22.2 Å². The molecule has 4 rings (SSSR count). The smallest absolute Gasteiger partial charge is 0.139 e. The van der Waals surface area contributed by atoms with Crippen LogP contribution in [0.1, 0.15) is 35.1 Å². The summed E-state index contributed by atoms with van der Waals surface area (Å²) in [5.41, 5.74) is 4.47. The molecule has 2 N–H and O–H groups in total. The highest BCUT2D eigenvalue weighted by Crippen LogP contribution is 2.52. The van der Waals surface area contributed by atoms with Crippen LogP contribution in [0.5, 0.6) is 5.75 Å². The van der Waals surface area contributed by atoms with Crippen molar-refractivity contribution in [1.29, 1.82) is 0 Å². The normalized spacial score (nSPS) is 24.9. The molecule has 4 heteroatoms. The number of anilines is 1. The Morgan fingerprint density at radius 1 is 1.13 bits per heavy atom. The van der Waals surface area contributed by atoms with Gasteiger partial charge in [-0.3, -0.25) is 0 Å². The van der Waals surface area contributed by atoms with Crippen LogP contribution in [0.25, 0.3) is 0 Å². The molecule has 2 aliphatic rings. The summed E-state index contributed by atoms with van der Waals surface area (Å²) in [6.45, 7) is 2.11. The van der Waals surface area contributed by atoms with Crippen LogP contribution in [-0.2, 0) is 0 Å². The molecule has 0 spiro atoms. The van der Waals surface area contributed by atoms with Crippen molar-refractivity contribution in [1.82, 2.24) is 0 Å². The monoisotopic (exact) mass is 345 g/mol. The first kappa shape index (κ1) is 14.9. The summed E-state index contributed by atoms with van der Waals surface area (Å²) in [5, 5.41) is 14.9. The second-order valence-electron chi connectivity index (χ2n) is 6.39. The minimum atomic E-state index is -0.0126. The van der Waals surface area contributed by atoms with E-state index in [2.05, 4.69) is 42.6 Å². The van der Waals surface area contributed by atoms with Gasteiger partial charge in [-0.15, -0.1) is 0 Å². The van der Waals surface area contributed by atoms with Crippen molar-refractivity contribution >= 4 is 28.9 Å². The highest BCUT2D eigenvalue weighted by molar-refractivity contribution is 6.35. The van der Waals surface area contributed by atoms with Gasteiger partial charge in [-0.1, -0.05) is 53.1 Å². The fraction of sp³-hybridized carbons (Fsp3) is 0.263. The quantitative estimate of drug-likeness (QED) is 0.637. The van der Waals surface area contributed by atoms with Crippen molar-refractivity contribution in [2.75, 3.05) is 5.32 Å². The molecule has 2 aromatic carbocycles. The number of nitrogens with one attached hydrogen (secondary N) is 1. The summed E-state index contributed by atoms with van der Waals surface area (Å²) < 4.78 is 0. The van der Waals surface area contributed by atoms with Gasteiger partial charge in [0.15, 0.2) is 0 Å². The Hall–Kier alpha value is -1.64. The van der Waals surface area contributed by atoms with Gasteiger partial charge in [-0.25, -0.2) is 0 Å². The molecule has 23 heavy (non-hydrogen) atoms. The van der Waals surface area contributed by atoms with E-state index >= 15 is 0 Å². The standard InChI is InChI=1S/C19H17Cl2NO/c1-10-5-6-17-14(7-10)12-3-2-4-13(12)18(22-17)15-8-11(20)9-16(21)19(15)23/h2-3,5-9,12-13,18,22-23H,4H2,1H3. The van der Waals surface area contributed by atoms with E-state index in [1.54, 1.807) is 6.07 Å². The van der Waals surface area contributed by atoms with E-state index in [-0.39, 0.29) is 11.8 Å². The summed E-state index contributed by atoms with van der Waals surface area (Å²) in [4.78, 5) is 0. The van der Waals surface area contributed by atoms with Crippen molar-refractivity contribution in [3.05, 3.63) is 69.2 Å². The molecular weight excluding hydrogens is 329 g/mol. The highest BCUT2D eigenvalue weighted by atomic mass is 35.5. The van der Waals surface area contributed by atoms with Gasteiger partial charge in [0.05, 0.1) is 11.1 Å². The average Bonchev–Trinajstić information content (AvgIpc) is 3.00. The second kappa shape index (κ2) is 5.47. The number of rotatable bonds is 1. The lowest BCUT2D eigenvalue weighted by Gasteiger charge is -2.38. The third kappa shape index (κ3) is 2.41. The predicted molar refractivity (Wildman–Crippen MR) is 95.7 cm³/mol. The average molecular weight is 346 g/mol. The number of fused-ring (bicyclic) bond motifs is 3. The van der Waals surface area contributed by atoms with Crippen LogP contribution in [0, 0.1) is 12.8 Å². The Balaban J connectivity index is 1.84. The molecule has 3 atom stereocenters. The molecule has 0 aromatic heterocycles. The molecule has 0 fully saturated rings. The number of allylic oxidation sites excluding steroid dienone is 2. The molecule has 1 aliphatic heterocycles. The Morgan fingerprint density at radius 3 is 2.78 bits per heavy atom. The first-order chi connectivity index (χ1) is 11.0. The summed E-state index contributed by atoms with van der Waals surface area (Å²) >= 11 is 12.3. The van der Waals surface area contributed by atoms with Crippen molar-refractivity contribution < 1.29 is 5.11 Å². The van der Waals surface area contributed by atoms with Gasteiger partial charge in [-0.05, 0) is 43.0 Å². The fourth-order valence-electron chi connectivity index (χ4n) is 3.84. The van der Waals surface area contributed by atoms with Crippen LogP contribution in [0.15, 0.2) is 42.5 Å². The number of hydrogen-bond donors (Lipinski definition) is 2. The zero-order valence-corrected chi connectivity index (χ0v) is 14.2. The van der Waals surface area contributed by atoms with Crippen LogP contribution in [-0.4, -0.2) is 5.11 Å². The Morgan fingerprint density at radius 2 is 1.96 bits per heavy atom. The summed E-state index contributed by atoms with van der Waals surface area (Å²) in [5.74, 6) is 0.827. The largest absolute Gasteiger partial charge is 0.506 e. The molecule has 1 heterocycles. The third-order valence-corrected chi connectivity index (χ3v) is 5.42. The van der Waals surface area contributed by atoms with Crippen molar-refractivity contribution in [3.8, 4) is 5.75 Å². The maximum absolute atomic E-state index is 10.4. The molecule has 0 amide bonds. The molecule has 2 nitrogen and oxygen atoms in total. The maximum atomic E-state index is 10.4. The van der Waals surface area contributed by atoms with Crippen LogP contribution in [0.2, 0.25) is 10.0 Å². The number of phenols is 1. The van der Waals surface area contributed by atoms with E-state index in [1.165, 1.54) is 11.1 Å². The lowest BCUT2D eigenvalue weighted by Crippen LogP contribution is -2.29. The molecule has 3 unspecified atom stereocenters. The highest BCUT2D eigenvalue weighted by Gasteiger charge is 2.39. The van der Waals surface area contributed by atoms with Gasteiger partial charge < -0.3 is 10.4 Å². The van der Waals surface area contributed by atoms with Crippen molar-refractivity contribution in [2.24, 2.45) is 5.92 Å². The first-order valence-corrected chi connectivity index (χ1v) is 8.52. The summed E-state index contributed by atoms with van der Waals surface area (Å²) in [6, 6.07) is 9.84. The van der Waals surface area contributed by atoms with Crippen molar-refractivity contribution in [3.63, 3.8) is 0 Å². The third-order valence-electron chi connectivity index (χ3n) is 4.91. The summed E-state index contributed by atoms with van der Waals surface area (Å²) in [6.07, 6.45) is 5.48. The van der Waals surface area contributed by atoms with E-state index in [4.69, 9.17) is 23.2 Å².